The van der Waals surface area contributed by atoms with Crippen LogP contribution >= 0.6 is 11.8 Å². The van der Waals surface area contributed by atoms with Crippen LogP contribution in [0, 0.1) is 0 Å². The van der Waals surface area contributed by atoms with Crippen molar-refractivity contribution in [3.8, 4) is 17.2 Å². The largest absolute Gasteiger partial charge is 0.497 e. The van der Waals surface area contributed by atoms with Gasteiger partial charge in [-0.25, -0.2) is 4.79 Å². The smallest absolute Gasteiger partial charge is 0.339 e. The second-order valence-electron chi connectivity index (χ2n) is 7.26. The Bertz CT molecular complexity index is 1250. The van der Waals surface area contributed by atoms with Gasteiger partial charge >= 0.3 is 5.97 Å². The maximum atomic E-state index is 12.6. The zero-order valence-corrected chi connectivity index (χ0v) is 19.6. The molecule has 4 rings (SSSR count). The first-order valence-corrected chi connectivity index (χ1v) is 11.5. The van der Waals surface area contributed by atoms with Crippen LogP contribution in [0.1, 0.15) is 10.4 Å². The fourth-order valence-electron chi connectivity index (χ4n) is 3.18. The molecule has 0 saturated carbocycles. The number of hydrogen-bond donors (Lipinski definition) is 2. The van der Waals surface area contributed by atoms with E-state index in [1.54, 1.807) is 73.8 Å². The Labute approximate surface area is 205 Å². The van der Waals surface area contributed by atoms with Crippen molar-refractivity contribution in [3.63, 3.8) is 0 Å². The Morgan fingerprint density at radius 1 is 0.886 bits per heavy atom. The summed E-state index contributed by atoms with van der Waals surface area (Å²) in [5.74, 6) is 0.427. The predicted molar refractivity (Wildman–Crippen MR) is 130 cm³/mol. The zero-order valence-electron chi connectivity index (χ0n) is 18.7. The van der Waals surface area contributed by atoms with Crippen molar-refractivity contribution in [2.45, 2.75) is 4.90 Å². The first-order valence-electron chi connectivity index (χ1n) is 10.5. The molecule has 3 aromatic rings. The molecular weight excluding hydrogens is 472 g/mol. The number of esters is 1. The average Bonchev–Trinajstić information content (AvgIpc) is 3.34. The molecule has 0 radical (unpaired) electrons. The average molecular weight is 495 g/mol. The first kappa shape index (κ1) is 24.0. The summed E-state index contributed by atoms with van der Waals surface area (Å²) in [7, 11) is 1.55. The van der Waals surface area contributed by atoms with E-state index in [0.717, 1.165) is 0 Å². The van der Waals surface area contributed by atoms with Gasteiger partial charge in [-0.15, -0.1) is 11.8 Å². The highest BCUT2D eigenvalue weighted by atomic mass is 32.2. The highest BCUT2D eigenvalue weighted by Gasteiger charge is 2.17. The summed E-state index contributed by atoms with van der Waals surface area (Å²) in [5, 5.41) is 5.43. The minimum Gasteiger partial charge on any atom is -0.497 e. The molecule has 180 valence electrons. The third kappa shape index (κ3) is 6.45. The van der Waals surface area contributed by atoms with Crippen LogP contribution in [0.2, 0.25) is 0 Å². The van der Waals surface area contributed by atoms with Crippen LogP contribution in [-0.2, 0) is 14.3 Å². The summed E-state index contributed by atoms with van der Waals surface area (Å²) in [6.45, 7) is -0.340. The predicted octanol–water partition coefficient (Wildman–Crippen LogP) is 3.95. The first-order chi connectivity index (χ1) is 17.0. The van der Waals surface area contributed by atoms with Gasteiger partial charge in [-0.3, -0.25) is 9.59 Å². The van der Waals surface area contributed by atoms with Gasteiger partial charge < -0.3 is 29.6 Å². The number of ether oxygens (including phenoxy) is 4. The minimum absolute atomic E-state index is 0.0755. The van der Waals surface area contributed by atoms with Crippen molar-refractivity contribution in [3.05, 3.63) is 72.3 Å². The van der Waals surface area contributed by atoms with E-state index in [0.29, 0.717) is 33.5 Å². The lowest BCUT2D eigenvalue weighted by molar-refractivity contribution is -0.119. The van der Waals surface area contributed by atoms with E-state index < -0.39 is 18.5 Å². The molecule has 35 heavy (non-hydrogen) atoms. The number of anilines is 2. The Hall–Kier alpha value is -4.18. The molecule has 0 aliphatic carbocycles. The molecule has 0 bridgehead atoms. The molecule has 2 amide bonds. The maximum absolute atomic E-state index is 12.6. The van der Waals surface area contributed by atoms with Crippen LogP contribution in [0.4, 0.5) is 11.4 Å². The lowest BCUT2D eigenvalue weighted by atomic mass is 10.2. The maximum Gasteiger partial charge on any atom is 0.339 e. The van der Waals surface area contributed by atoms with Gasteiger partial charge in [0, 0.05) is 28.4 Å². The molecule has 10 heteroatoms. The van der Waals surface area contributed by atoms with E-state index in [9.17, 15) is 14.4 Å². The van der Waals surface area contributed by atoms with Gasteiger partial charge in [-0.2, -0.15) is 0 Å². The molecule has 0 atom stereocenters. The number of carbonyl (C=O) groups is 3. The van der Waals surface area contributed by atoms with Gasteiger partial charge in [-0.05, 0) is 36.4 Å². The number of benzene rings is 3. The molecule has 0 fully saturated rings. The monoisotopic (exact) mass is 494 g/mol. The molecule has 3 aromatic carbocycles. The normalized spacial score (nSPS) is 11.5. The molecular formula is C25H22N2O7S. The van der Waals surface area contributed by atoms with Crippen LogP contribution < -0.4 is 24.8 Å². The van der Waals surface area contributed by atoms with E-state index in [-0.39, 0.29) is 24.0 Å². The van der Waals surface area contributed by atoms with Crippen molar-refractivity contribution in [2.24, 2.45) is 0 Å². The number of thioether (sulfide) groups is 1. The molecule has 0 saturated heterocycles. The van der Waals surface area contributed by atoms with E-state index in [1.807, 2.05) is 0 Å². The number of amides is 2. The van der Waals surface area contributed by atoms with Crippen LogP contribution in [-0.4, -0.2) is 44.0 Å². The number of hydrogen-bond acceptors (Lipinski definition) is 8. The summed E-state index contributed by atoms with van der Waals surface area (Å²) in [6, 6.07) is 18.7. The second kappa shape index (κ2) is 11.3. The van der Waals surface area contributed by atoms with Crippen molar-refractivity contribution < 1.29 is 33.3 Å². The fourth-order valence-corrected chi connectivity index (χ4v) is 4.02. The lowest BCUT2D eigenvalue weighted by Gasteiger charge is -2.10. The number of rotatable bonds is 9. The van der Waals surface area contributed by atoms with Gasteiger partial charge in [-0.1, -0.05) is 18.2 Å². The van der Waals surface area contributed by atoms with Crippen LogP contribution in [0.3, 0.4) is 0 Å². The summed E-state index contributed by atoms with van der Waals surface area (Å²) in [4.78, 5) is 37.8. The number of methoxy groups -OCH3 is 1. The number of nitrogens with one attached hydrogen (secondary N) is 2. The van der Waals surface area contributed by atoms with Crippen LogP contribution in [0.25, 0.3) is 0 Å². The highest BCUT2D eigenvalue weighted by Crippen LogP contribution is 2.34. The summed E-state index contributed by atoms with van der Waals surface area (Å²) >= 11 is 1.19. The number of fused-ring (bicyclic) bond motifs is 1. The molecule has 1 aliphatic heterocycles. The molecule has 0 aromatic heterocycles. The van der Waals surface area contributed by atoms with Gasteiger partial charge in [0.2, 0.25) is 12.7 Å². The molecule has 1 aliphatic rings. The summed E-state index contributed by atoms with van der Waals surface area (Å²) in [6.07, 6.45) is 0. The molecule has 1 heterocycles. The van der Waals surface area contributed by atoms with Gasteiger partial charge in [0.05, 0.1) is 18.4 Å². The molecule has 9 nitrogen and oxygen atoms in total. The van der Waals surface area contributed by atoms with Crippen molar-refractivity contribution >= 4 is 40.9 Å². The van der Waals surface area contributed by atoms with E-state index in [1.165, 1.54) is 11.8 Å². The standard InChI is InChI=1S/C25H22N2O7S/c1-31-18-6-4-5-16(11-18)27-24(29)14-35-22-8-3-2-7-19(22)25(30)32-13-23(28)26-17-9-10-20-21(12-17)34-15-33-20/h2-12H,13-15H2,1H3,(H,26,28)(H,27,29). The van der Waals surface area contributed by atoms with E-state index in [4.69, 9.17) is 18.9 Å². The van der Waals surface area contributed by atoms with Crippen molar-refractivity contribution in [1.82, 2.24) is 0 Å². The van der Waals surface area contributed by atoms with Gasteiger partial charge in [0.15, 0.2) is 18.1 Å². The highest BCUT2D eigenvalue weighted by molar-refractivity contribution is 8.00. The lowest BCUT2D eigenvalue weighted by Crippen LogP contribution is -2.21. The van der Waals surface area contributed by atoms with E-state index in [2.05, 4.69) is 10.6 Å². The van der Waals surface area contributed by atoms with Crippen molar-refractivity contribution in [1.29, 1.82) is 0 Å². The summed E-state index contributed by atoms with van der Waals surface area (Å²) in [5.41, 5.74) is 1.37. The quantitative estimate of drug-likeness (QED) is 0.340. The summed E-state index contributed by atoms with van der Waals surface area (Å²) < 4.78 is 20.9. The molecule has 2 N–H and O–H groups in total. The zero-order chi connectivity index (χ0) is 24.6. The fraction of sp³-hybridized carbons (Fsp3) is 0.160. The van der Waals surface area contributed by atoms with Crippen LogP contribution in [0.15, 0.2) is 71.6 Å². The SMILES string of the molecule is COc1cccc(NC(=O)CSc2ccccc2C(=O)OCC(=O)Nc2ccc3c(c2)OCO3)c1. The molecule has 0 unspecified atom stereocenters. The Morgan fingerprint density at radius 2 is 1.66 bits per heavy atom. The third-order valence-electron chi connectivity index (χ3n) is 4.81. The van der Waals surface area contributed by atoms with Crippen LogP contribution in [0.5, 0.6) is 17.2 Å². The van der Waals surface area contributed by atoms with E-state index >= 15 is 0 Å². The second-order valence-corrected chi connectivity index (χ2v) is 8.27. The third-order valence-corrected chi connectivity index (χ3v) is 5.88. The van der Waals surface area contributed by atoms with Gasteiger partial charge in [0.1, 0.15) is 5.75 Å². The Kier molecular flexibility index (Phi) is 7.74. The minimum atomic E-state index is -0.665. The molecule has 0 spiro atoms. The van der Waals surface area contributed by atoms with Gasteiger partial charge in [0.25, 0.3) is 5.91 Å². The Morgan fingerprint density at radius 3 is 2.51 bits per heavy atom. The van der Waals surface area contributed by atoms with Crippen molar-refractivity contribution in [2.75, 3.05) is 36.9 Å². The topological polar surface area (TPSA) is 112 Å². The number of carbonyl (C=O) groups excluding carboxylic acids is 3. The Balaban J connectivity index is 1.29.